The Bertz CT molecular complexity index is 2250. The Balaban J connectivity index is 1.65. The predicted molar refractivity (Wildman–Crippen MR) is 150 cm³/mol. The van der Waals surface area contributed by atoms with Gasteiger partial charge in [-0.15, -0.1) is 0 Å². The Morgan fingerprint density at radius 1 is 0.978 bits per heavy atom. The van der Waals surface area contributed by atoms with Gasteiger partial charge in [-0.3, -0.25) is 23.7 Å². The Hall–Kier alpha value is -5.12. The highest BCUT2D eigenvalue weighted by molar-refractivity contribution is 6.34. The fourth-order valence-electron chi connectivity index (χ4n) is 5.06. The SMILES string of the molecule is COc1cc(-c2cc3c(C(F)(F)F)[nH]nc3cc2Cl)cc2c1c(=O)n(Cc1ncn(C)n1)c(=O)n2Cc1cc(F)c(F)c(F)c1. The molecule has 0 aliphatic heterocycles. The standard InChI is InChI=1S/C28H18ClF6N7O3/c1-40-11-36-22(39-40)10-42-26(43)23-20(41(27(42)44)9-12-3-17(30)24(32)18(31)4-12)5-13(6-21(23)45-2)14-7-15-19(8-16(14)29)37-38-25(15)28(33,34)35/h3-8,11H,9-10H2,1-2H3,(H,37,38). The third kappa shape index (κ3) is 5.20. The van der Waals surface area contributed by atoms with Crippen LogP contribution >= 0.6 is 11.6 Å². The predicted octanol–water partition coefficient (Wildman–Crippen LogP) is 5.03. The van der Waals surface area contributed by atoms with Crippen LogP contribution in [0.1, 0.15) is 17.1 Å². The zero-order valence-electron chi connectivity index (χ0n) is 23.0. The number of benzene rings is 3. The topological polar surface area (TPSA) is 113 Å². The summed E-state index contributed by atoms with van der Waals surface area (Å²) in [4.78, 5) is 31.7. The molecule has 0 spiro atoms. The first-order chi connectivity index (χ1) is 21.3. The van der Waals surface area contributed by atoms with E-state index in [2.05, 4.69) is 15.2 Å². The molecule has 0 unspecified atom stereocenters. The number of nitrogens with one attached hydrogen (secondary N) is 1. The molecule has 6 aromatic rings. The smallest absolute Gasteiger partial charge is 0.433 e. The van der Waals surface area contributed by atoms with Crippen molar-refractivity contribution in [3.63, 3.8) is 0 Å². The molecule has 0 aliphatic rings. The van der Waals surface area contributed by atoms with Crippen molar-refractivity contribution in [3.05, 3.63) is 103 Å². The fraction of sp³-hybridized carbons (Fsp3) is 0.179. The maximum atomic E-state index is 14.2. The minimum atomic E-state index is -4.77. The average Bonchev–Trinajstić information content (AvgIpc) is 3.60. The maximum absolute atomic E-state index is 14.2. The molecule has 10 nitrogen and oxygen atoms in total. The molecule has 0 saturated heterocycles. The molecule has 3 aromatic heterocycles. The highest BCUT2D eigenvalue weighted by Crippen LogP contribution is 2.40. The van der Waals surface area contributed by atoms with Crippen molar-refractivity contribution in [2.75, 3.05) is 7.11 Å². The van der Waals surface area contributed by atoms with E-state index in [-0.39, 0.29) is 55.1 Å². The van der Waals surface area contributed by atoms with Crippen LogP contribution in [0.3, 0.4) is 0 Å². The number of hydrogen-bond acceptors (Lipinski definition) is 6. The number of rotatable bonds is 6. The number of H-pyrrole nitrogens is 1. The first-order valence-electron chi connectivity index (χ1n) is 12.8. The third-order valence-corrected chi connectivity index (χ3v) is 7.39. The summed E-state index contributed by atoms with van der Waals surface area (Å²) in [6, 6.07) is 6.39. The van der Waals surface area contributed by atoms with Gasteiger partial charge in [0.25, 0.3) is 5.56 Å². The van der Waals surface area contributed by atoms with Gasteiger partial charge < -0.3 is 4.74 Å². The monoisotopic (exact) mass is 649 g/mol. The number of alkyl halides is 3. The lowest BCUT2D eigenvalue weighted by Gasteiger charge is -2.17. The molecule has 0 radical (unpaired) electrons. The number of methoxy groups -OCH3 is 1. The minimum Gasteiger partial charge on any atom is -0.496 e. The van der Waals surface area contributed by atoms with Crippen LogP contribution in [-0.2, 0) is 26.3 Å². The van der Waals surface area contributed by atoms with E-state index in [9.17, 15) is 35.9 Å². The van der Waals surface area contributed by atoms with Crippen molar-refractivity contribution in [2.45, 2.75) is 19.3 Å². The Labute approximate surface area is 252 Å². The molecule has 17 heteroatoms. The summed E-state index contributed by atoms with van der Waals surface area (Å²) in [5, 5.41) is 9.24. The number of fused-ring (bicyclic) bond motifs is 2. The number of aromatic amines is 1. The highest BCUT2D eigenvalue weighted by Gasteiger charge is 2.35. The summed E-state index contributed by atoms with van der Waals surface area (Å²) >= 11 is 6.46. The van der Waals surface area contributed by atoms with E-state index in [1.54, 1.807) is 7.05 Å². The van der Waals surface area contributed by atoms with Gasteiger partial charge in [0.2, 0.25) is 0 Å². The van der Waals surface area contributed by atoms with Crippen molar-refractivity contribution < 1.29 is 31.1 Å². The maximum Gasteiger partial charge on any atom is 0.433 e. The van der Waals surface area contributed by atoms with Crippen LogP contribution < -0.4 is 16.0 Å². The molecule has 0 aliphatic carbocycles. The number of nitrogens with zero attached hydrogens (tertiary/aromatic N) is 6. The first kappa shape index (κ1) is 29.9. The summed E-state index contributed by atoms with van der Waals surface area (Å²) in [6.07, 6.45) is -3.42. The second-order valence-electron chi connectivity index (χ2n) is 9.99. The van der Waals surface area contributed by atoms with E-state index >= 15 is 0 Å². The first-order valence-corrected chi connectivity index (χ1v) is 13.2. The second kappa shape index (κ2) is 10.8. The summed E-state index contributed by atoms with van der Waals surface area (Å²) < 4.78 is 91.6. The van der Waals surface area contributed by atoms with E-state index in [1.807, 2.05) is 5.10 Å². The number of aromatic nitrogens is 7. The summed E-state index contributed by atoms with van der Waals surface area (Å²) in [6.45, 7) is -0.951. The van der Waals surface area contributed by atoms with Crippen molar-refractivity contribution in [1.29, 1.82) is 0 Å². The van der Waals surface area contributed by atoms with E-state index in [0.717, 1.165) is 15.2 Å². The van der Waals surface area contributed by atoms with Crippen LogP contribution in [0.15, 0.2) is 52.3 Å². The molecule has 232 valence electrons. The zero-order chi connectivity index (χ0) is 32.4. The summed E-state index contributed by atoms with van der Waals surface area (Å²) in [7, 11) is 2.80. The third-order valence-electron chi connectivity index (χ3n) is 7.08. The van der Waals surface area contributed by atoms with Crippen molar-refractivity contribution in [1.82, 2.24) is 34.1 Å². The van der Waals surface area contributed by atoms with Crippen LogP contribution in [0, 0.1) is 17.5 Å². The molecule has 1 N–H and O–H groups in total. The van der Waals surface area contributed by atoms with E-state index < -0.39 is 53.7 Å². The quantitative estimate of drug-likeness (QED) is 0.200. The number of aryl methyl sites for hydroxylation is 1. The van der Waals surface area contributed by atoms with Gasteiger partial charge in [-0.05, 0) is 47.5 Å². The van der Waals surface area contributed by atoms with Crippen LogP contribution in [0.4, 0.5) is 26.3 Å². The van der Waals surface area contributed by atoms with Gasteiger partial charge in [0.05, 0.1) is 36.3 Å². The van der Waals surface area contributed by atoms with Gasteiger partial charge in [0, 0.05) is 18.0 Å². The normalized spacial score (nSPS) is 12.0. The van der Waals surface area contributed by atoms with Crippen molar-refractivity contribution in [2.24, 2.45) is 7.05 Å². The van der Waals surface area contributed by atoms with Gasteiger partial charge in [-0.25, -0.2) is 22.9 Å². The summed E-state index contributed by atoms with van der Waals surface area (Å²) in [5.74, 6) is -4.73. The number of ether oxygens (including phenoxy) is 1. The lowest BCUT2D eigenvalue weighted by atomic mass is 10.0. The van der Waals surface area contributed by atoms with Gasteiger partial charge >= 0.3 is 11.9 Å². The summed E-state index contributed by atoms with van der Waals surface area (Å²) in [5.41, 5.74) is -3.07. The van der Waals surface area contributed by atoms with Gasteiger partial charge in [-0.2, -0.15) is 23.4 Å². The van der Waals surface area contributed by atoms with Crippen molar-refractivity contribution >= 4 is 33.4 Å². The molecular weight excluding hydrogens is 632 g/mol. The highest BCUT2D eigenvalue weighted by atomic mass is 35.5. The Morgan fingerprint density at radius 2 is 1.69 bits per heavy atom. The van der Waals surface area contributed by atoms with E-state index in [1.165, 1.54) is 36.3 Å². The van der Waals surface area contributed by atoms with Crippen LogP contribution in [0.5, 0.6) is 5.75 Å². The second-order valence-corrected chi connectivity index (χ2v) is 10.4. The van der Waals surface area contributed by atoms with Gasteiger partial charge in [-0.1, -0.05) is 11.6 Å². The molecule has 6 rings (SSSR count). The molecule has 0 bridgehead atoms. The van der Waals surface area contributed by atoms with Crippen LogP contribution in [0.2, 0.25) is 5.02 Å². The lowest BCUT2D eigenvalue weighted by molar-refractivity contribution is -0.139. The molecule has 0 atom stereocenters. The molecule has 3 heterocycles. The largest absolute Gasteiger partial charge is 0.496 e. The molecule has 0 amide bonds. The average molecular weight is 650 g/mol. The lowest BCUT2D eigenvalue weighted by Crippen LogP contribution is -2.41. The molecule has 3 aromatic carbocycles. The molecular formula is C28H18ClF6N7O3. The van der Waals surface area contributed by atoms with E-state index in [0.29, 0.717) is 12.1 Å². The molecule has 45 heavy (non-hydrogen) atoms. The Kier molecular flexibility index (Phi) is 7.18. The minimum absolute atomic E-state index is 0.0183. The fourth-order valence-corrected chi connectivity index (χ4v) is 5.32. The van der Waals surface area contributed by atoms with Gasteiger partial charge in [0.15, 0.2) is 23.3 Å². The molecule has 0 fully saturated rings. The van der Waals surface area contributed by atoms with Gasteiger partial charge in [0.1, 0.15) is 23.2 Å². The Morgan fingerprint density at radius 3 is 2.31 bits per heavy atom. The number of hydrogen-bond donors (Lipinski definition) is 1. The van der Waals surface area contributed by atoms with Crippen LogP contribution in [0.25, 0.3) is 32.9 Å². The van der Waals surface area contributed by atoms with Crippen LogP contribution in [-0.4, -0.2) is 41.2 Å². The zero-order valence-corrected chi connectivity index (χ0v) is 23.8. The van der Waals surface area contributed by atoms with E-state index in [4.69, 9.17) is 16.3 Å². The number of halogens is 7. The molecule has 0 saturated carbocycles. The van der Waals surface area contributed by atoms with Crippen molar-refractivity contribution in [3.8, 4) is 16.9 Å².